The molecule has 2 heterocycles. The van der Waals surface area contributed by atoms with Crippen LogP contribution in [0.2, 0.25) is 0 Å². The maximum atomic E-state index is 4.74. The van der Waals surface area contributed by atoms with E-state index >= 15 is 0 Å². The minimum absolute atomic E-state index is 0.0673. The molecule has 4 rings (SSSR count). The number of para-hydroxylation sites is 1. The molecule has 1 unspecified atom stereocenters. The second-order valence-electron chi connectivity index (χ2n) is 6.37. The monoisotopic (exact) mass is 342 g/mol. The van der Waals surface area contributed by atoms with Crippen LogP contribution < -0.4 is 0 Å². The number of benzene rings is 2. The summed E-state index contributed by atoms with van der Waals surface area (Å²) in [4.78, 5) is 4.27. The van der Waals surface area contributed by atoms with Gasteiger partial charge < -0.3 is 4.57 Å². The summed E-state index contributed by atoms with van der Waals surface area (Å²) in [5, 5.41) is 4.74. The number of aromatic nitrogens is 4. The van der Waals surface area contributed by atoms with Crippen molar-refractivity contribution in [1.82, 2.24) is 19.3 Å². The number of nitrogens with zero attached hydrogens (tertiary/aromatic N) is 4. The van der Waals surface area contributed by atoms with E-state index in [1.54, 1.807) is 0 Å². The lowest BCUT2D eigenvalue weighted by Crippen LogP contribution is -2.13. The van der Waals surface area contributed by atoms with Crippen LogP contribution >= 0.6 is 0 Å². The van der Waals surface area contributed by atoms with Crippen molar-refractivity contribution in [3.8, 4) is 5.69 Å². The molecule has 2 aromatic carbocycles. The van der Waals surface area contributed by atoms with Crippen molar-refractivity contribution < 1.29 is 0 Å². The molecule has 0 aliphatic carbocycles. The Labute approximate surface area is 153 Å². The largest absolute Gasteiger partial charge is 0.326 e. The summed E-state index contributed by atoms with van der Waals surface area (Å²) in [6, 6.07) is 21.0. The molecule has 0 saturated carbocycles. The van der Waals surface area contributed by atoms with Gasteiger partial charge in [-0.1, -0.05) is 61.9 Å². The molecule has 0 N–H and O–H groups in total. The molecule has 130 valence electrons. The average molecular weight is 342 g/mol. The van der Waals surface area contributed by atoms with E-state index in [4.69, 9.17) is 5.10 Å². The van der Waals surface area contributed by atoms with Gasteiger partial charge in [-0.2, -0.15) is 5.10 Å². The Hall–Kier alpha value is -3.14. The van der Waals surface area contributed by atoms with Gasteiger partial charge >= 0.3 is 0 Å². The average Bonchev–Trinajstić information content (AvgIpc) is 3.35. The summed E-state index contributed by atoms with van der Waals surface area (Å²) in [5.41, 5.74) is 4.80. The third-order valence-electron chi connectivity index (χ3n) is 4.62. The highest BCUT2D eigenvalue weighted by molar-refractivity contribution is 5.40. The number of rotatable bonds is 6. The highest BCUT2D eigenvalue weighted by Gasteiger charge is 2.23. The maximum absolute atomic E-state index is 4.74. The van der Waals surface area contributed by atoms with Gasteiger partial charge in [-0.3, -0.25) is 0 Å². The summed E-state index contributed by atoms with van der Waals surface area (Å²) >= 11 is 0. The lowest BCUT2D eigenvalue weighted by molar-refractivity contribution is 0.661. The number of hydrogen-bond acceptors (Lipinski definition) is 2. The van der Waals surface area contributed by atoms with Crippen molar-refractivity contribution in [1.29, 1.82) is 0 Å². The first-order valence-electron chi connectivity index (χ1n) is 9.03. The van der Waals surface area contributed by atoms with Gasteiger partial charge in [0.25, 0.3) is 0 Å². The minimum atomic E-state index is 0.0673. The Morgan fingerprint density at radius 3 is 2.35 bits per heavy atom. The van der Waals surface area contributed by atoms with E-state index in [1.807, 2.05) is 31.0 Å². The molecule has 2 aromatic heterocycles. The highest BCUT2D eigenvalue weighted by Crippen LogP contribution is 2.30. The number of hydrogen-bond donors (Lipinski definition) is 0. The van der Waals surface area contributed by atoms with Crippen LogP contribution in [0.5, 0.6) is 0 Å². The van der Waals surface area contributed by atoms with Crippen LogP contribution in [0.3, 0.4) is 0 Å². The van der Waals surface area contributed by atoms with E-state index in [0.29, 0.717) is 0 Å². The van der Waals surface area contributed by atoms with E-state index in [1.165, 1.54) is 16.8 Å². The quantitative estimate of drug-likeness (QED) is 0.511. The smallest absolute Gasteiger partial charge is 0.0954 e. The van der Waals surface area contributed by atoms with E-state index in [2.05, 4.69) is 75.8 Å². The van der Waals surface area contributed by atoms with Crippen molar-refractivity contribution in [2.45, 2.75) is 25.8 Å². The van der Waals surface area contributed by atoms with E-state index < -0.39 is 0 Å². The Balaban J connectivity index is 1.88. The van der Waals surface area contributed by atoms with Gasteiger partial charge in [-0.05, 0) is 24.1 Å². The fourth-order valence-corrected chi connectivity index (χ4v) is 3.46. The van der Waals surface area contributed by atoms with Crippen LogP contribution in [-0.4, -0.2) is 19.3 Å². The summed E-state index contributed by atoms with van der Waals surface area (Å²) in [7, 11) is 0. The van der Waals surface area contributed by atoms with Crippen molar-refractivity contribution >= 4 is 0 Å². The molecule has 0 radical (unpaired) electrons. The topological polar surface area (TPSA) is 35.6 Å². The molecule has 0 aliphatic rings. The molecule has 4 nitrogen and oxygen atoms in total. The van der Waals surface area contributed by atoms with Crippen molar-refractivity contribution in [2.75, 3.05) is 0 Å². The van der Waals surface area contributed by atoms with Gasteiger partial charge in [0.15, 0.2) is 0 Å². The minimum Gasteiger partial charge on any atom is -0.326 e. The molecule has 0 amide bonds. The molecule has 0 saturated heterocycles. The van der Waals surface area contributed by atoms with Crippen molar-refractivity contribution in [2.24, 2.45) is 0 Å². The molecule has 4 heteroatoms. The van der Waals surface area contributed by atoms with Gasteiger partial charge in [0.05, 0.1) is 24.3 Å². The van der Waals surface area contributed by atoms with Crippen molar-refractivity contribution in [3.05, 3.63) is 102 Å². The van der Waals surface area contributed by atoms with Gasteiger partial charge in [-0.15, -0.1) is 0 Å². The summed E-state index contributed by atoms with van der Waals surface area (Å²) in [6.45, 7) is 2.21. The first-order chi connectivity index (χ1) is 12.9. The third kappa shape index (κ3) is 3.06. The Morgan fingerprint density at radius 1 is 0.962 bits per heavy atom. The fraction of sp³-hybridized carbons (Fsp3) is 0.182. The first-order valence-corrected chi connectivity index (χ1v) is 9.03. The van der Waals surface area contributed by atoms with Gasteiger partial charge in [0.1, 0.15) is 0 Å². The second-order valence-corrected chi connectivity index (χ2v) is 6.37. The van der Waals surface area contributed by atoms with Crippen LogP contribution in [0.15, 0.2) is 85.6 Å². The Morgan fingerprint density at radius 2 is 1.69 bits per heavy atom. The van der Waals surface area contributed by atoms with Crippen LogP contribution in [-0.2, 0) is 6.42 Å². The van der Waals surface area contributed by atoms with Gasteiger partial charge in [-0.25, -0.2) is 9.67 Å². The highest BCUT2D eigenvalue weighted by atomic mass is 15.3. The molecular weight excluding hydrogens is 320 g/mol. The lowest BCUT2D eigenvalue weighted by atomic mass is 9.97. The zero-order valence-corrected chi connectivity index (χ0v) is 14.9. The standard InChI is InChI=1S/C22H22N4/c1-2-9-21-20(16-24-26(21)19-12-7-4-8-13-19)22(25-15-14-23-17-25)18-10-5-3-6-11-18/h3-8,10-17,22H,2,9H2,1H3. The molecule has 0 fully saturated rings. The Kier molecular flexibility index (Phi) is 4.65. The van der Waals surface area contributed by atoms with E-state index in [-0.39, 0.29) is 6.04 Å². The van der Waals surface area contributed by atoms with E-state index in [9.17, 15) is 0 Å². The van der Waals surface area contributed by atoms with Crippen LogP contribution in [0.4, 0.5) is 0 Å². The SMILES string of the molecule is CCCc1c(C(c2ccccc2)n2ccnc2)cnn1-c1ccccc1. The zero-order chi connectivity index (χ0) is 17.8. The van der Waals surface area contributed by atoms with Crippen molar-refractivity contribution in [3.63, 3.8) is 0 Å². The second kappa shape index (κ2) is 7.40. The molecule has 0 spiro atoms. The summed E-state index contributed by atoms with van der Waals surface area (Å²) in [6.07, 6.45) is 9.78. The predicted octanol–water partition coefficient (Wildman–Crippen LogP) is 4.66. The summed E-state index contributed by atoms with van der Waals surface area (Å²) in [5.74, 6) is 0. The first kappa shape index (κ1) is 16.3. The summed E-state index contributed by atoms with van der Waals surface area (Å²) < 4.78 is 4.23. The fourth-order valence-electron chi connectivity index (χ4n) is 3.46. The van der Waals surface area contributed by atoms with Crippen LogP contribution in [0.1, 0.15) is 36.2 Å². The predicted molar refractivity (Wildman–Crippen MR) is 103 cm³/mol. The molecule has 1 atom stereocenters. The van der Waals surface area contributed by atoms with Crippen LogP contribution in [0.25, 0.3) is 5.69 Å². The maximum Gasteiger partial charge on any atom is 0.0954 e. The van der Waals surface area contributed by atoms with Gasteiger partial charge in [0.2, 0.25) is 0 Å². The number of imidazole rings is 1. The molecule has 26 heavy (non-hydrogen) atoms. The van der Waals surface area contributed by atoms with Crippen LogP contribution in [0, 0.1) is 0 Å². The molecule has 0 bridgehead atoms. The van der Waals surface area contributed by atoms with E-state index in [0.717, 1.165) is 18.5 Å². The lowest BCUT2D eigenvalue weighted by Gasteiger charge is -2.20. The third-order valence-corrected chi connectivity index (χ3v) is 4.62. The van der Waals surface area contributed by atoms with Gasteiger partial charge in [0, 0.05) is 23.7 Å². The normalized spacial score (nSPS) is 12.2. The molecule has 0 aliphatic heterocycles. The Bertz CT molecular complexity index is 941. The molecule has 4 aromatic rings. The zero-order valence-electron chi connectivity index (χ0n) is 14.9. The molecular formula is C22H22N4.